The Morgan fingerprint density at radius 2 is 2.11 bits per heavy atom. The summed E-state index contributed by atoms with van der Waals surface area (Å²) in [5.41, 5.74) is 7.05. The number of anilines is 1. The molecule has 0 aliphatic rings. The average Bonchev–Trinajstić information content (AvgIpc) is 2.34. The van der Waals surface area contributed by atoms with Crippen molar-refractivity contribution in [3.8, 4) is 0 Å². The van der Waals surface area contributed by atoms with Crippen molar-refractivity contribution in [2.45, 2.75) is 32.7 Å². The first-order chi connectivity index (χ1) is 8.93. The van der Waals surface area contributed by atoms with E-state index in [9.17, 15) is 9.59 Å². The Kier molecular flexibility index (Phi) is 5.36. The van der Waals surface area contributed by atoms with Gasteiger partial charge in [0.2, 0.25) is 5.91 Å². The van der Waals surface area contributed by atoms with Crippen molar-refractivity contribution in [3.05, 3.63) is 29.8 Å². The molecule has 3 N–H and O–H groups in total. The van der Waals surface area contributed by atoms with Gasteiger partial charge in [-0.05, 0) is 31.0 Å². The van der Waals surface area contributed by atoms with Crippen molar-refractivity contribution < 1.29 is 14.7 Å². The molecule has 0 bridgehead atoms. The van der Waals surface area contributed by atoms with Gasteiger partial charge in [0.1, 0.15) is 6.54 Å². The lowest BCUT2D eigenvalue weighted by Gasteiger charge is -2.27. The molecule has 1 rings (SSSR count). The predicted molar refractivity (Wildman–Crippen MR) is 73.7 cm³/mol. The maximum Gasteiger partial charge on any atom is 0.323 e. The van der Waals surface area contributed by atoms with Gasteiger partial charge in [0.25, 0.3) is 0 Å². The molecule has 0 radical (unpaired) electrons. The van der Waals surface area contributed by atoms with E-state index < -0.39 is 5.97 Å². The normalized spacial score (nSPS) is 11.9. The van der Waals surface area contributed by atoms with E-state index in [0.29, 0.717) is 5.69 Å². The highest BCUT2D eigenvalue weighted by Gasteiger charge is 2.21. The molecule has 5 nitrogen and oxygen atoms in total. The molecule has 0 fully saturated rings. The van der Waals surface area contributed by atoms with E-state index in [4.69, 9.17) is 10.8 Å². The third-order valence-electron chi connectivity index (χ3n) is 3.06. The zero-order chi connectivity index (χ0) is 14.4. The summed E-state index contributed by atoms with van der Waals surface area (Å²) in [6.45, 7) is 3.50. The maximum absolute atomic E-state index is 12.2. The standard InChI is InChI=1S/C14H20N2O3/c1-3-10(2)16(9-14(18)19)13(17)8-11-5-4-6-12(15)7-11/h4-7,10H,3,8-9,15H2,1-2H3,(H,18,19). The average molecular weight is 264 g/mol. The molecule has 1 unspecified atom stereocenters. The second kappa shape index (κ2) is 6.78. The third kappa shape index (κ3) is 4.62. The van der Waals surface area contributed by atoms with Crippen LogP contribution in [0, 0.1) is 0 Å². The molecule has 1 atom stereocenters. The molecular weight excluding hydrogens is 244 g/mol. The van der Waals surface area contributed by atoms with Crippen LogP contribution in [0.2, 0.25) is 0 Å². The minimum atomic E-state index is -0.999. The van der Waals surface area contributed by atoms with Crippen LogP contribution in [0.4, 0.5) is 5.69 Å². The SMILES string of the molecule is CCC(C)N(CC(=O)O)C(=O)Cc1cccc(N)c1. The Bertz CT molecular complexity index is 460. The van der Waals surface area contributed by atoms with Crippen molar-refractivity contribution in [1.29, 1.82) is 0 Å². The van der Waals surface area contributed by atoms with E-state index in [0.717, 1.165) is 12.0 Å². The molecule has 0 aliphatic heterocycles. The number of nitrogens with zero attached hydrogens (tertiary/aromatic N) is 1. The van der Waals surface area contributed by atoms with E-state index in [1.807, 2.05) is 19.9 Å². The third-order valence-corrected chi connectivity index (χ3v) is 3.06. The van der Waals surface area contributed by atoms with Crippen LogP contribution in [-0.2, 0) is 16.0 Å². The summed E-state index contributed by atoms with van der Waals surface area (Å²) >= 11 is 0. The molecule has 0 heterocycles. The van der Waals surface area contributed by atoms with Gasteiger partial charge in [-0.1, -0.05) is 19.1 Å². The molecule has 0 aromatic heterocycles. The van der Waals surface area contributed by atoms with Crippen molar-refractivity contribution in [2.24, 2.45) is 0 Å². The fraction of sp³-hybridized carbons (Fsp3) is 0.429. The van der Waals surface area contributed by atoms with E-state index in [2.05, 4.69) is 0 Å². The molecule has 0 aliphatic carbocycles. The van der Waals surface area contributed by atoms with Crippen LogP contribution >= 0.6 is 0 Å². The number of nitrogen functional groups attached to an aromatic ring is 1. The molecule has 1 aromatic rings. The molecule has 0 saturated heterocycles. The molecule has 1 aromatic carbocycles. The first-order valence-electron chi connectivity index (χ1n) is 6.29. The highest BCUT2D eigenvalue weighted by Crippen LogP contribution is 2.11. The van der Waals surface area contributed by atoms with E-state index in [1.165, 1.54) is 4.90 Å². The molecule has 5 heteroatoms. The van der Waals surface area contributed by atoms with Crippen molar-refractivity contribution >= 4 is 17.6 Å². The van der Waals surface area contributed by atoms with Crippen molar-refractivity contribution in [2.75, 3.05) is 12.3 Å². The number of amides is 1. The fourth-order valence-corrected chi connectivity index (χ4v) is 1.84. The summed E-state index contributed by atoms with van der Waals surface area (Å²) in [6.07, 6.45) is 0.888. The van der Waals surface area contributed by atoms with Crippen LogP contribution in [0.25, 0.3) is 0 Å². The topological polar surface area (TPSA) is 83.6 Å². The van der Waals surface area contributed by atoms with Crippen LogP contribution < -0.4 is 5.73 Å². The number of aliphatic carboxylic acids is 1. The Balaban J connectivity index is 2.79. The molecule has 0 saturated carbocycles. The van der Waals surface area contributed by atoms with Crippen LogP contribution in [0.5, 0.6) is 0 Å². The van der Waals surface area contributed by atoms with Gasteiger partial charge in [-0.15, -0.1) is 0 Å². The van der Waals surface area contributed by atoms with Crippen LogP contribution in [0.15, 0.2) is 24.3 Å². The molecule has 0 spiro atoms. The minimum Gasteiger partial charge on any atom is -0.480 e. The highest BCUT2D eigenvalue weighted by molar-refractivity contribution is 5.83. The van der Waals surface area contributed by atoms with Gasteiger partial charge in [0.05, 0.1) is 6.42 Å². The monoisotopic (exact) mass is 264 g/mol. The predicted octanol–water partition coefficient (Wildman–Crippen LogP) is 1.52. The lowest BCUT2D eigenvalue weighted by molar-refractivity contribution is -0.145. The zero-order valence-corrected chi connectivity index (χ0v) is 11.3. The Hall–Kier alpha value is -2.04. The number of nitrogens with two attached hydrogens (primary N) is 1. The van der Waals surface area contributed by atoms with Crippen LogP contribution in [0.3, 0.4) is 0 Å². The number of hydrogen-bond donors (Lipinski definition) is 2. The zero-order valence-electron chi connectivity index (χ0n) is 11.3. The van der Waals surface area contributed by atoms with Gasteiger partial charge in [-0.2, -0.15) is 0 Å². The summed E-state index contributed by atoms with van der Waals surface area (Å²) in [4.78, 5) is 24.4. The summed E-state index contributed by atoms with van der Waals surface area (Å²) in [6, 6.07) is 6.97. The molecular formula is C14H20N2O3. The van der Waals surface area contributed by atoms with Gasteiger partial charge in [-0.25, -0.2) is 0 Å². The van der Waals surface area contributed by atoms with E-state index in [-0.39, 0.29) is 24.9 Å². The first-order valence-corrected chi connectivity index (χ1v) is 6.29. The number of benzene rings is 1. The maximum atomic E-state index is 12.2. The number of rotatable bonds is 6. The van der Waals surface area contributed by atoms with E-state index in [1.54, 1.807) is 18.2 Å². The van der Waals surface area contributed by atoms with Crippen molar-refractivity contribution in [3.63, 3.8) is 0 Å². The van der Waals surface area contributed by atoms with Gasteiger partial charge < -0.3 is 15.7 Å². The van der Waals surface area contributed by atoms with Crippen LogP contribution in [-0.4, -0.2) is 34.5 Å². The van der Waals surface area contributed by atoms with E-state index >= 15 is 0 Å². The van der Waals surface area contributed by atoms with Gasteiger partial charge in [0, 0.05) is 11.7 Å². The second-order valence-electron chi connectivity index (χ2n) is 4.59. The number of carbonyl (C=O) groups excluding carboxylic acids is 1. The highest BCUT2D eigenvalue weighted by atomic mass is 16.4. The Morgan fingerprint density at radius 3 is 2.63 bits per heavy atom. The molecule has 1 amide bonds. The lowest BCUT2D eigenvalue weighted by Crippen LogP contribution is -2.42. The van der Waals surface area contributed by atoms with Crippen molar-refractivity contribution in [1.82, 2.24) is 4.90 Å². The first kappa shape index (κ1) is 15.0. The fourth-order valence-electron chi connectivity index (χ4n) is 1.84. The molecule has 19 heavy (non-hydrogen) atoms. The van der Waals surface area contributed by atoms with Gasteiger partial charge >= 0.3 is 5.97 Å². The number of carboxylic acids is 1. The second-order valence-corrected chi connectivity index (χ2v) is 4.59. The number of hydrogen-bond acceptors (Lipinski definition) is 3. The number of carbonyl (C=O) groups is 2. The Morgan fingerprint density at radius 1 is 1.42 bits per heavy atom. The Labute approximate surface area is 113 Å². The largest absolute Gasteiger partial charge is 0.480 e. The van der Waals surface area contributed by atoms with Gasteiger partial charge in [0.15, 0.2) is 0 Å². The lowest BCUT2D eigenvalue weighted by atomic mass is 10.1. The number of carboxylic acid groups (broad SMARTS) is 1. The van der Waals surface area contributed by atoms with Gasteiger partial charge in [-0.3, -0.25) is 9.59 Å². The quantitative estimate of drug-likeness (QED) is 0.763. The van der Waals surface area contributed by atoms with Crippen LogP contribution in [0.1, 0.15) is 25.8 Å². The summed E-state index contributed by atoms with van der Waals surface area (Å²) in [7, 11) is 0. The summed E-state index contributed by atoms with van der Waals surface area (Å²) in [5.74, 6) is -1.19. The summed E-state index contributed by atoms with van der Waals surface area (Å²) < 4.78 is 0. The molecule has 104 valence electrons. The smallest absolute Gasteiger partial charge is 0.323 e. The minimum absolute atomic E-state index is 0.0929. The summed E-state index contributed by atoms with van der Waals surface area (Å²) in [5, 5.41) is 8.87.